The number of hydrogen-bond acceptors (Lipinski definition) is 3. The Morgan fingerprint density at radius 2 is 1.89 bits per heavy atom. The van der Waals surface area contributed by atoms with Gasteiger partial charge in [0.1, 0.15) is 12.4 Å². The van der Waals surface area contributed by atoms with E-state index in [0.717, 1.165) is 17.7 Å². The zero-order valence-electron chi connectivity index (χ0n) is 11.2. The van der Waals surface area contributed by atoms with Crippen molar-refractivity contribution >= 4 is 0 Å². The van der Waals surface area contributed by atoms with Gasteiger partial charge in [-0.05, 0) is 31.1 Å². The van der Waals surface area contributed by atoms with Crippen molar-refractivity contribution in [3.8, 4) is 0 Å². The zero-order chi connectivity index (χ0) is 12.5. The lowest BCUT2D eigenvalue weighted by molar-refractivity contribution is 0.152. The van der Waals surface area contributed by atoms with Crippen LogP contribution in [0.3, 0.4) is 0 Å². The first kappa shape index (κ1) is 12.2. The number of aromatic nitrogens is 3. The van der Waals surface area contributed by atoms with Crippen molar-refractivity contribution in [3.63, 3.8) is 0 Å². The summed E-state index contributed by atoms with van der Waals surface area (Å²) in [6.07, 6.45) is 9.58. The SMILES string of the molecule is Cn1c(CO)nnc1C1CCC2CCCCC2C1. The molecule has 18 heavy (non-hydrogen) atoms. The van der Waals surface area contributed by atoms with Crippen molar-refractivity contribution in [1.29, 1.82) is 0 Å². The summed E-state index contributed by atoms with van der Waals surface area (Å²) in [4.78, 5) is 0. The molecular formula is C14H23N3O. The molecule has 0 radical (unpaired) electrons. The number of nitrogens with zero attached hydrogens (tertiary/aromatic N) is 3. The van der Waals surface area contributed by atoms with Gasteiger partial charge in [0.05, 0.1) is 0 Å². The van der Waals surface area contributed by atoms with E-state index < -0.39 is 0 Å². The van der Waals surface area contributed by atoms with E-state index in [1.807, 2.05) is 11.6 Å². The average Bonchev–Trinajstić information content (AvgIpc) is 2.79. The maximum atomic E-state index is 9.19. The van der Waals surface area contributed by atoms with Crippen LogP contribution in [0.2, 0.25) is 0 Å². The molecule has 0 aliphatic heterocycles. The van der Waals surface area contributed by atoms with Gasteiger partial charge in [-0.15, -0.1) is 10.2 Å². The zero-order valence-corrected chi connectivity index (χ0v) is 11.2. The molecule has 0 amide bonds. The number of aliphatic hydroxyl groups is 1. The lowest BCUT2D eigenvalue weighted by Gasteiger charge is -2.38. The highest BCUT2D eigenvalue weighted by molar-refractivity contribution is 5.04. The van der Waals surface area contributed by atoms with Crippen LogP contribution in [0.4, 0.5) is 0 Å². The maximum absolute atomic E-state index is 9.19. The monoisotopic (exact) mass is 249 g/mol. The highest BCUT2D eigenvalue weighted by atomic mass is 16.3. The third-order valence-corrected chi connectivity index (χ3v) is 5.04. The molecule has 2 aliphatic rings. The Hall–Kier alpha value is -0.900. The molecule has 3 atom stereocenters. The van der Waals surface area contributed by atoms with Crippen LogP contribution in [0.5, 0.6) is 0 Å². The fraction of sp³-hybridized carbons (Fsp3) is 0.857. The molecular weight excluding hydrogens is 226 g/mol. The van der Waals surface area contributed by atoms with Crippen LogP contribution >= 0.6 is 0 Å². The highest BCUT2D eigenvalue weighted by Crippen LogP contribution is 2.45. The van der Waals surface area contributed by atoms with Gasteiger partial charge in [0.25, 0.3) is 0 Å². The highest BCUT2D eigenvalue weighted by Gasteiger charge is 2.34. The van der Waals surface area contributed by atoms with Crippen LogP contribution in [0.1, 0.15) is 62.5 Å². The fourth-order valence-corrected chi connectivity index (χ4v) is 3.98. The standard InChI is InChI=1S/C14H23N3O/c1-17-13(9-18)15-16-14(17)12-7-6-10-4-2-3-5-11(10)8-12/h10-12,18H,2-9H2,1H3. The predicted molar refractivity (Wildman–Crippen MR) is 69.0 cm³/mol. The van der Waals surface area contributed by atoms with E-state index in [1.165, 1.54) is 44.9 Å². The third-order valence-electron chi connectivity index (χ3n) is 5.04. The quantitative estimate of drug-likeness (QED) is 0.875. The minimum Gasteiger partial charge on any atom is -0.388 e. The number of aliphatic hydroxyl groups excluding tert-OH is 1. The average molecular weight is 249 g/mol. The predicted octanol–water partition coefficient (Wildman–Crippen LogP) is 2.38. The molecule has 2 saturated carbocycles. The van der Waals surface area contributed by atoms with Gasteiger partial charge < -0.3 is 9.67 Å². The van der Waals surface area contributed by atoms with Gasteiger partial charge in [0.2, 0.25) is 0 Å². The van der Waals surface area contributed by atoms with E-state index >= 15 is 0 Å². The molecule has 0 saturated heterocycles. The first-order valence-corrected chi connectivity index (χ1v) is 7.28. The summed E-state index contributed by atoms with van der Waals surface area (Å²) in [5.41, 5.74) is 0. The summed E-state index contributed by atoms with van der Waals surface area (Å²) in [5.74, 6) is 4.22. The van der Waals surface area contributed by atoms with E-state index in [-0.39, 0.29) is 6.61 Å². The van der Waals surface area contributed by atoms with Gasteiger partial charge >= 0.3 is 0 Å². The van der Waals surface area contributed by atoms with E-state index in [2.05, 4.69) is 10.2 Å². The van der Waals surface area contributed by atoms with Gasteiger partial charge in [-0.2, -0.15) is 0 Å². The Morgan fingerprint density at radius 1 is 1.11 bits per heavy atom. The second-order valence-electron chi connectivity index (χ2n) is 6.01. The molecule has 4 nitrogen and oxygen atoms in total. The van der Waals surface area contributed by atoms with Crippen molar-refractivity contribution in [2.45, 2.75) is 57.5 Å². The Balaban J connectivity index is 1.75. The van der Waals surface area contributed by atoms with E-state index in [9.17, 15) is 5.11 Å². The lowest BCUT2D eigenvalue weighted by atomic mass is 9.67. The molecule has 3 unspecified atom stereocenters. The van der Waals surface area contributed by atoms with Gasteiger partial charge in [-0.1, -0.05) is 25.7 Å². The lowest BCUT2D eigenvalue weighted by Crippen LogP contribution is -2.28. The fourth-order valence-electron chi connectivity index (χ4n) is 3.98. The molecule has 0 spiro atoms. The van der Waals surface area contributed by atoms with Crippen LogP contribution in [0.15, 0.2) is 0 Å². The van der Waals surface area contributed by atoms with Crippen LogP contribution in [-0.4, -0.2) is 19.9 Å². The Bertz CT molecular complexity index is 415. The first-order valence-electron chi connectivity index (χ1n) is 7.28. The van der Waals surface area contributed by atoms with Crippen molar-refractivity contribution < 1.29 is 5.11 Å². The summed E-state index contributed by atoms with van der Waals surface area (Å²) < 4.78 is 1.99. The van der Waals surface area contributed by atoms with Crippen molar-refractivity contribution in [2.75, 3.05) is 0 Å². The Morgan fingerprint density at radius 3 is 2.61 bits per heavy atom. The second-order valence-corrected chi connectivity index (χ2v) is 6.01. The van der Waals surface area contributed by atoms with Crippen LogP contribution in [0, 0.1) is 11.8 Å². The van der Waals surface area contributed by atoms with Gasteiger partial charge in [0, 0.05) is 13.0 Å². The molecule has 4 heteroatoms. The van der Waals surface area contributed by atoms with Gasteiger partial charge in [0.15, 0.2) is 5.82 Å². The topological polar surface area (TPSA) is 50.9 Å². The molecule has 2 fully saturated rings. The summed E-state index contributed by atoms with van der Waals surface area (Å²) >= 11 is 0. The summed E-state index contributed by atoms with van der Waals surface area (Å²) in [7, 11) is 1.98. The van der Waals surface area contributed by atoms with Crippen LogP contribution in [0.25, 0.3) is 0 Å². The normalized spacial score (nSPS) is 32.2. The number of rotatable bonds is 2. The summed E-state index contributed by atoms with van der Waals surface area (Å²) in [6.45, 7) is -0.0116. The Kier molecular flexibility index (Phi) is 3.37. The molecule has 2 aliphatic carbocycles. The van der Waals surface area contributed by atoms with E-state index in [0.29, 0.717) is 11.7 Å². The molecule has 1 aromatic heterocycles. The van der Waals surface area contributed by atoms with E-state index in [4.69, 9.17) is 0 Å². The maximum Gasteiger partial charge on any atom is 0.158 e. The van der Waals surface area contributed by atoms with Crippen LogP contribution < -0.4 is 0 Å². The molecule has 1 heterocycles. The molecule has 3 rings (SSSR count). The van der Waals surface area contributed by atoms with E-state index in [1.54, 1.807) is 0 Å². The number of hydrogen-bond donors (Lipinski definition) is 1. The number of fused-ring (bicyclic) bond motifs is 1. The van der Waals surface area contributed by atoms with Crippen molar-refractivity contribution in [3.05, 3.63) is 11.6 Å². The largest absolute Gasteiger partial charge is 0.388 e. The van der Waals surface area contributed by atoms with Crippen LogP contribution in [-0.2, 0) is 13.7 Å². The summed E-state index contributed by atoms with van der Waals surface area (Å²) in [5, 5.41) is 17.6. The molecule has 1 N–H and O–H groups in total. The van der Waals surface area contributed by atoms with Gasteiger partial charge in [-0.25, -0.2) is 0 Å². The van der Waals surface area contributed by atoms with Crippen molar-refractivity contribution in [2.24, 2.45) is 18.9 Å². The summed E-state index contributed by atoms with van der Waals surface area (Å²) in [6, 6.07) is 0. The minimum absolute atomic E-state index is 0.0116. The minimum atomic E-state index is -0.0116. The van der Waals surface area contributed by atoms with Gasteiger partial charge in [-0.3, -0.25) is 0 Å². The molecule has 100 valence electrons. The van der Waals surface area contributed by atoms with Crippen molar-refractivity contribution in [1.82, 2.24) is 14.8 Å². The Labute approximate surface area is 108 Å². The molecule has 0 bridgehead atoms. The second kappa shape index (κ2) is 5.00. The third kappa shape index (κ3) is 2.07. The first-order chi connectivity index (χ1) is 8.79. The molecule has 1 aromatic rings. The smallest absolute Gasteiger partial charge is 0.158 e. The molecule has 0 aromatic carbocycles.